The van der Waals surface area contributed by atoms with Crippen molar-refractivity contribution in [1.29, 1.82) is 0 Å². The van der Waals surface area contributed by atoms with E-state index in [-0.39, 0.29) is 17.3 Å². The van der Waals surface area contributed by atoms with Gasteiger partial charge >= 0.3 is 0 Å². The molecule has 13 heteroatoms. The van der Waals surface area contributed by atoms with Crippen molar-refractivity contribution in [3.63, 3.8) is 0 Å². The topological polar surface area (TPSA) is 138 Å². The maximum Gasteiger partial charge on any atom is 0.293 e. The third-order valence-electron chi connectivity index (χ3n) is 9.83. The van der Waals surface area contributed by atoms with Gasteiger partial charge in [0.1, 0.15) is 5.69 Å². The lowest BCUT2D eigenvalue weighted by atomic mass is 9.99. The summed E-state index contributed by atoms with van der Waals surface area (Å²) in [5.74, 6) is -0.256. The van der Waals surface area contributed by atoms with E-state index in [1.54, 1.807) is 36.3 Å². The van der Waals surface area contributed by atoms with Crippen molar-refractivity contribution in [3.8, 4) is 11.1 Å². The van der Waals surface area contributed by atoms with Gasteiger partial charge in [-0.05, 0) is 83.3 Å². The van der Waals surface area contributed by atoms with Gasteiger partial charge in [0, 0.05) is 79.1 Å². The summed E-state index contributed by atoms with van der Waals surface area (Å²) in [7, 11) is -4.45. The molecule has 1 aliphatic rings. The van der Waals surface area contributed by atoms with Crippen LogP contribution in [0.5, 0.6) is 0 Å². The second-order valence-corrected chi connectivity index (χ2v) is 16.5. The van der Waals surface area contributed by atoms with E-state index in [9.17, 15) is 23.3 Å². The molecule has 1 saturated heterocycles. The third-order valence-corrected chi connectivity index (χ3v) is 12.3. The fraction of sp³-hybridized carbons (Fsp3) is 0.182. The van der Waals surface area contributed by atoms with Crippen LogP contribution < -0.4 is 14.9 Å². The first-order valence-electron chi connectivity index (χ1n) is 18.6. The molecule has 0 bridgehead atoms. The molecule has 1 aromatic heterocycles. The van der Waals surface area contributed by atoms with Gasteiger partial charge in [-0.15, -0.1) is 11.8 Å². The number of piperazine rings is 1. The number of nitrogens with one attached hydrogen (secondary N) is 2. The lowest BCUT2D eigenvalue weighted by Gasteiger charge is -2.36. The zero-order chi connectivity index (χ0) is 39.6. The molecule has 6 aromatic rings. The maximum absolute atomic E-state index is 13.4. The summed E-state index contributed by atoms with van der Waals surface area (Å²) in [6, 6.07) is 42.6. The minimum absolute atomic E-state index is 0.153. The van der Waals surface area contributed by atoms with Crippen LogP contribution in [0.4, 0.5) is 17.1 Å². The van der Waals surface area contributed by atoms with Crippen LogP contribution in [0, 0.1) is 10.1 Å². The zero-order valence-electron chi connectivity index (χ0n) is 31.1. The number of sulfonamides is 1. The fourth-order valence-corrected chi connectivity index (χ4v) is 8.80. The van der Waals surface area contributed by atoms with E-state index in [2.05, 4.69) is 73.4 Å². The number of carbonyl (C=O) groups excluding carboxylic acids is 1. The zero-order valence-corrected chi connectivity index (χ0v) is 32.7. The number of nitro groups is 1. The number of thioether (sulfide) groups is 1. The lowest BCUT2D eigenvalue weighted by Crippen LogP contribution is -2.46. The standard InChI is InChI=1S/C44H42N6O5S2/c51-44(35-17-19-38(20-18-35)49-26-24-48(25-27-49)31-36-13-7-8-16-41(36)34-11-3-1-4-12-34)47-57(54,55)40-21-22-42(43(29-40)50(52)53)46-37(28-33-10-9-23-45-30-33)32-56-39-14-5-2-6-15-39/h1-23,29-30,37,46H,24-28,31-32H2,(H,47,51)/t37-/m0/s1. The SMILES string of the molecule is O=C(NS(=O)(=O)c1ccc(N[C@H](CSc2ccccc2)Cc2cccnc2)c([N+](=O)[O-])c1)c1ccc(N2CCN(Cc3ccccc3-c3ccccc3)CC2)cc1. The molecule has 7 rings (SSSR count). The Labute approximate surface area is 337 Å². The van der Waals surface area contributed by atoms with Crippen LogP contribution >= 0.6 is 11.8 Å². The molecule has 0 unspecified atom stereocenters. The van der Waals surface area contributed by atoms with Crippen molar-refractivity contribution in [2.75, 3.05) is 42.1 Å². The van der Waals surface area contributed by atoms with Crippen LogP contribution in [-0.2, 0) is 23.0 Å². The van der Waals surface area contributed by atoms with Gasteiger partial charge in [0.25, 0.3) is 21.6 Å². The number of anilines is 2. The van der Waals surface area contributed by atoms with Crippen molar-refractivity contribution in [2.24, 2.45) is 0 Å². The molecule has 0 radical (unpaired) electrons. The summed E-state index contributed by atoms with van der Waals surface area (Å²) in [6.45, 7) is 4.17. The van der Waals surface area contributed by atoms with Crippen LogP contribution in [0.15, 0.2) is 162 Å². The molecule has 2 heterocycles. The average Bonchev–Trinajstić information content (AvgIpc) is 3.24. The molecule has 1 atom stereocenters. The van der Waals surface area contributed by atoms with Crippen LogP contribution in [0.3, 0.4) is 0 Å². The van der Waals surface area contributed by atoms with E-state index >= 15 is 0 Å². The van der Waals surface area contributed by atoms with Crippen molar-refractivity contribution in [1.82, 2.24) is 14.6 Å². The summed E-state index contributed by atoms with van der Waals surface area (Å²) >= 11 is 1.60. The lowest BCUT2D eigenvalue weighted by molar-refractivity contribution is -0.384. The molecule has 290 valence electrons. The van der Waals surface area contributed by atoms with Gasteiger partial charge in [-0.3, -0.25) is 24.8 Å². The number of rotatable bonds is 15. The number of aromatic nitrogens is 1. The highest BCUT2D eigenvalue weighted by atomic mass is 32.2. The summed E-state index contributed by atoms with van der Waals surface area (Å²) in [5.41, 5.74) is 5.49. The van der Waals surface area contributed by atoms with E-state index in [0.717, 1.165) is 54.9 Å². The third kappa shape index (κ3) is 10.2. The number of benzene rings is 5. The molecular weight excluding hydrogens is 757 g/mol. The van der Waals surface area contributed by atoms with E-state index in [1.165, 1.54) is 28.8 Å². The molecule has 1 aliphatic heterocycles. The number of amides is 1. The van der Waals surface area contributed by atoms with E-state index in [0.29, 0.717) is 12.2 Å². The molecule has 0 saturated carbocycles. The van der Waals surface area contributed by atoms with Gasteiger partial charge in [0.05, 0.1) is 9.82 Å². The molecule has 1 fully saturated rings. The predicted octanol–water partition coefficient (Wildman–Crippen LogP) is 7.91. The Morgan fingerprint density at radius 1 is 0.825 bits per heavy atom. The van der Waals surface area contributed by atoms with Crippen LogP contribution in [0.1, 0.15) is 21.5 Å². The molecule has 57 heavy (non-hydrogen) atoms. The summed E-state index contributed by atoms with van der Waals surface area (Å²) in [5, 5.41) is 15.5. The van der Waals surface area contributed by atoms with Gasteiger partial charge < -0.3 is 10.2 Å². The number of nitrogens with zero attached hydrogens (tertiary/aromatic N) is 4. The van der Waals surface area contributed by atoms with Crippen molar-refractivity contribution in [2.45, 2.75) is 28.8 Å². The quantitative estimate of drug-likeness (QED) is 0.0599. The molecule has 0 spiro atoms. The smallest absolute Gasteiger partial charge is 0.293 e. The van der Waals surface area contributed by atoms with Crippen LogP contribution in [0.2, 0.25) is 0 Å². The maximum atomic E-state index is 13.4. The van der Waals surface area contributed by atoms with Gasteiger partial charge in [-0.25, -0.2) is 13.1 Å². The monoisotopic (exact) mass is 798 g/mol. The highest BCUT2D eigenvalue weighted by Gasteiger charge is 2.26. The minimum atomic E-state index is -4.45. The van der Waals surface area contributed by atoms with Gasteiger partial charge in [0.15, 0.2) is 0 Å². The number of pyridine rings is 1. The second-order valence-electron chi connectivity index (χ2n) is 13.7. The van der Waals surface area contributed by atoms with Gasteiger partial charge in [-0.1, -0.05) is 78.9 Å². The normalized spacial score (nSPS) is 13.8. The first kappa shape index (κ1) is 39.2. The first-order valence-corrected chi connectivity index (χ1v) is 21.1. The Kier molecular flexibility index (Phi) is 12.6. The van der Waals surface area contributed by atoms with Gasteiger partial charge in [-0.2, -0.15) is 0 Å². The highest BCUT2D eigenvalue weighted by molar-refractivity contribution is 7.99. The molecule has 5 aromatic carbocycles. The molecule has 2 N–H and O–H groups in total. The van der Waals surface area contributed by atoms with Gasteiger partial charge in [0.2, 0.25) is 0 Å². The van der Waals surface area contributed by atoms with Crippen molar-refractivity contribution >= 4 is 44.8 Å². The van der Waals surface area contributed by atoms with Crippen LogP contribution in [0.25, 0.3) is 11.1 Å². The largest absolute Gasteiger partial charge is 0.376 e. The van der Waals surface area contributed by atoms with E-state index in [1.807, 2.05) is 60.7 Å². The number of nitro benzene ring substituents is 1. The predicted molar refractivity (Wildman–Crippen MR) is 226 cm³/mol. The Morgan fingerprint density at radius 3 is 2.23 bits per heavy atom. The summed E-state index contributed by atoms with van der Waals surface area (Å²) in [6.07, 6.45) is 3.96. The Hall–Kier alpha value is -6.02. The number of carbonyl (C=O) groups is 1. The van der Waals surface area contributed by atoms with Crippen LogP contribution in [-0.4, -0.2) is 67.1 Å². The number of hydrogen-bond acceptors (Lipinski definition) is 10. The Morgan fingerprint density at radius 2 is 1.53 bits per heavy atom. The number of hydrogen-bond donors (Lipinski definition) is 2. The average molecular weight is 799 g/mol. The van der Waals surface area contributed by atoms with Crippen molar-refractivity contribution < 1.29 is 18.1 Å². The summed E-state index contributed by atoms with van der Waals surface area (Å²) < 4.78 is 28.9. The minimum Gasteiger partial charge on any atom is -0.376 e. The first-order chi connectivity index (χ1) is 27.7. The van der Waals surface area contributed by atoms with Crippen molar-refractivity contribution in [3.05, 3.63) is 179 Å². The highest BCUT2D eigenvalue weighted by Crippen LogP contribution is 2.31. The van der Waals surface area contributed by atoms with E-state index < -0.39 is 31.4 Å². The Balaban J connectivity index is 0.974. The molecule has 0 aliphatic carbocycles. The molecular formula is C44H42N6O5S2. The summed E-state index contributed by atoms with van der Waals surface area (Å²) in [4.78, 5) is 34.4. The Bertz CT molecular complexity index is 2400. The molecule has 1 amide bonds. The second kappa shape index (κ2) is 18.3. The van der Waals surface area contributed by atoms with E-state index in [4.69, 9.17) is 0 Å². The molecule has 11 nitrogen and oxygen atoms in total. The fourth-order valence-electron chi connectivity index (χ4n) is 6.87.